The summed E-state index contributed by atoms with van der Waals surface area (Å²) >= 11 is 0. The second kappa shape index (κ2) is 7.32. The molecule has 1 aromatic heterocycles. The fourth-order valence-electron chi connectivity index (χ4n) is 3.65. The van der Waals surface area contributed by atoms with E-state index in [1.54, 1.807) is 6.33 Å². The summed E-state index contributed by atoms with van der Waals surface area (Å²) in [4.78, 5) is 25.8. The van der Waals surface area contributed by atoms with Crippen molar-refractivity contribution in [2.75, 3.05) is 37.7 Å². The first kappa shape index (κ1) is 16.8. The molecule has 0 saturated carbocycles. The highest BCUT2D eigenvalue weighted by Gasteiger charge is 2.31. The summed E-state index contributed by atoms with van der Waals surface area (Å²) in [7, 11) is 0. The molecule has 2 aliphatic rings. The first-order valence-electron chi connectivity index (χ1n) is 9.30. The maximum atomic E-state index is 12.9. The van der Waals surface area contributed by atoms with E-state index < -0.39 is 0 Å². The summed E-state index contributed by atoms with van der Waals surface area (Å²) < 4.78 is 5.79. The van der Waals surface area contributed by atoms with Crippen molar-refractivity contribution in [3.05, 3.63) is 47.9 Å². The van der Waals surface area contributed by atoms with Gasteiger partial charge in [-0.25, -0.2) is 9.97 Å². The minimum Gasteiger partial charge on any atom is -0.492 e. The van der Waals surface area contributed by atoms with Crippen LogP contribution >= 0.6 is 0 Å². The van der Waals surface area contributed by atoms with Crippen molar-refractivity contribution in [2.45, 2.75) is 19.8 Å². The van der Waals surface area contributed by atoms with Gasteiger partial charge in [-0.15, -0.1) is 0 Å². The Kier molecular flexibility index (Phi) is 4.73. The fraction of sp³-hybridized carbons (Fsp3) is 0.450. The number of fused-ring (bicyclic) bond motifs is 1. The van der Waals surface area contributed by atoms with Gasteiger partial charge in [0.25, 0.3) is 0 Å². The van der Waals surface area contributed by atoms with Gasteiger partial charge in [-0.05, 0) is 24.5 Å². The van der Waals surface area contributed by atoms with Gasteiger partial charge in [-0.2, -0.15) is 0 Å². The van der Waals surface area contributed by atoms with Crippen LogP contribution in [-0.4, -0.2) is 53.6 Å². The van der Waals surface area contributed by atoms with Gasteiger partial charge >= 0.3 is 0 Å². The first-order valence-corrected chi connectivity index (χ1v) is 9.30. The summed E-state index contributed by atoms with van der Waals surface area (Å²) in [6, 6.07) is 10.0. The Morgan fingerprint density at radius 1 is 1.19 bits per heavy atom. The van der Waals surface area contributed by atoms with E-state index >= 15 is 0 Å². The molecule has 3 heterocycles. The molecule has 1 amide bonds. The van der Waals surface area contributed by atoms with E-state index in [0.29, 0.717) is 6.61 Å². The molecule has 0 bridgehead atoms. The second-order valence-corrected chi connectivity index (χ2v) is 6.85. The van der Waals surface area contributed by atoms with Crippen molar-refractivity contribution in [1.29, 1.82) is 0 Å². The Morgan fingerprint density at radius 2 is 2.00 bits per heavy atom. The van der Waals surface area contributed by atoms with Crippen LogP contribution in [0.3, 0.4) is 0 Å². The van der Waals surface area contributed by atoms with Crippen LogP contribution < -0.4 is 9.64 Å². The van der Waals surface area contributed by atoms with E-state index in [2.05, 4.69) is 21.8 Å². The number of carbonyl (C=O) groups excluding carboxylic acids is 1. The number of aryl methyl sites for hydroxylation is 1. The number of rotatable bonds is 3. The van der Waals surface area contributed by atoms with Gasteiger partial charge in [0.05, 0.1) is 5.92 Å². The summed E-state index contributed by atoms with van der Waals surface area (Å²) in [5.74, 6) is 1.99. The predicted octanol–water partition coefficient (Wildman–Crippen LogP) is 1.94. The zero-order chi connectivity index (χ0) is 17.9. The standard InChI is InChI=1S/C20H24N4O2/c1-2-17-12-19(22-14-21-17)23-7-9-24(10-8-23)20(25)16-11-15-5-3-4-6-18(15)26-13-16/h3-6,12,14,16H,2,7-11,13H2,1H3/t16-/m1/s1. The van der Waals surface area contributed by atoms with Crippen LogP contribution in [0.4, 0.5) is 5.82 Å². The highest BCUT2D eigenvalue weighted by Crippen LogP contribution is 2.28. The molecule has 0 N–H and O–H groups in total. The van der Waals surface area contributed by atoms with E-state index in [4.69, 9.17) is 4.74 Å². The van der Waals surface area contributed by atoms with Crippen LogP contribution in [0.5, 0.6) is 5.75 Å². The monoisotopic (exact) mass is 352 g/mol. The molecule has 0 aliphatic carbocycles. The molecule has 1 atom stereocenters. The lowest BCUT2D eigenvalue weighted by molar-refractivity contribution is -0.137. The number of piperazine rings is 1. The molecule has 4 rings (SSSR count). The SMILES string of the molecule is CCc1cc(N2CCN(C(=O)[C@H]3COc4ccccc4C3)CC2)ncn1. The van der Waals surface area contributed by atoms with Gasteiger partial charge in [0.15, 0.2) is 0 Å². The highest BCUT2D eigenvalue weighted by molar-refractivity contribution is 5.80. The van der Waals surface area contributed by atoms with Gasteiger partial charge in [-0.3, -0.25) is 4.79 Å². The smallest absolute Gasteiger partial charge is 0.229 e. The number of hydrogen-bond donors (Lipinski definition) is 0. The van der Waals surface area contributed by atoms with Crippen molar-refractivity contribution >= 4 is 11.7 Å². The quantitative estimate of drug-likeness (QED) is 0.845. The summed E-state index contributed by atoms with van der Waals surface area (Å²) in [5, 5.41) is 0. The number of carbonyl (C=O) groups is 1. The molecule has 2 aromatic rings. The number of amides is 1. The van der Waals surface area contributed by atoms with E-state index in [1.807, 2.05) is 35.2 Å². The number of benzene rings is 1. The molecule has 0 spiro atoms. The third kappa shape index (κ3) is 3.36. The van der Waals surface area contributed by atoms with Crippen molar-refractivity contribution in [2.24, 2.45) is 5.92 Å². The molecule has 1 aromatic carbocycles. The zero-order valence-electron chi connectivity index (χ0n) is 15.1. The van der Waals surface area contributed by atoms with Crippen molar-refractivity contribution in [3.63, 3.8) is 0 Å². The molecular weight excluding hydrogens is 328 g/mol. The average Bonchev–Trinajstić information content (AvgIpc) is 2.73. The number of aromatic nitrogens is 2. The number of anilines is 1. The molecule has 6 nitrogen and oxygen atoms in total. The van der Waals surface area contributed by atoms with Gasteiger partial charge in [0, 0.05) is 37.9 Å². The van der Waals surface area contributed by atoms with Gasteiger partial charge in [-0.1, -0.05) is 25.1 Å². The lowest BCUT2D eigenvalue weighted by atomic mass is 9.95. The molecule has 1 saturated heterocycles. The Labute approximate surface area is 153 Å². The third-order valence-electron chi connectivity index (χ3n) is 5.22. The van der Waals surface area contributed by atoms with Crippen LogP contribution in [-0.2, 0) is 17.6 Å². The highest BCUT2D eigenvalue weighted by atomic mass is 16.5. The lowest BCUT2D eigenvalue weighted by Gasteiger charge is -2.37. The zero-order valence-corrected chi connectivity index (χ0v) is 15.1. The summed E-state index contributed by atoms with van der Waals surface area (Å²) in [6.07, 6.45) is 3.29. The Morgan fingerprint density at radius 3 is 2.81 bits per heavy atom. The van der Waals surface area contributed by atoms with Gasteiger partial charge in [0.1, 0.15) is 24.5 Å². The van der Waals surface area contributed by atoms with E-state index in [-0.39, 0.29) is 11.8 Å². The summed E-state index contributed by atoms with van der Waals surface area (Å²) in [5.41, 5.74) is 2.18. The molecule has 26 heavy (non-hydrogen) atoms. The van der Waals surface area contributed by atoms with E-state index in [1.165, 1.54) is 0 Å². The number of ether oxygens (including phenoxy) is 1. The molecular formula is C20H24N4O2. The van der Waals surface area contributed by atoms with Gasteiger partial charge < -0.3 is 14.5 Å². The number of hydrogen-bond acceptors (Lipinski definition) is 5. The number of nitrogens with zero attached hydrogens (tertiary/aromatic N) is 4. The van der Waals surface area contributed by atoms with Crippen LogP contribution in [0.15, 0.2) is 36.7 Å². The van der Waals surface area contributed by atoms with Crippen molar-refractivity contribution in [3.8, 4) is 5.75 Å². The molecule has 0 radical (unpaired) electrons. The topological polar surface area (TPSA) is 58.6 Å². The van der Waals surface area contributed by atoms with Crippen LogP contribution in [0.25, 0.3) is 0 Å². The first-order chi connectivity index (χ1) is 12.7. The van der Waals surface area contributed by atoms with Crippen molar-refractivity contribution in [1.82, 2.24) is 14.9 Å². The fourth-order valence-corrected chi connectivity index (χ4v) is 3.65. The minimum atomic E-state index is -0.0813. The Bertz CT molecular complexity index is 787. The molecule has 136 valence electrons. The molecule has 6 heteroatoms. The predicted molar refractivity (Wildman–Crippen MR) is 99.3 cm³/mol. The summed E-state index contributed by atoms with van der Waals surface area (Å²) in [6.45, 7) is 5.62. The Hall–Kier alpha value is -2.63. The van der Waals surface area contributed by atoms with Gasteiger partial charge in [0.2, 0.25) is 5.91 Å². The average molecular weight is 352 g/mol. The van der Waals surface area contributed by atoms with Crippen LogP contribution in [0.2, 0.25) is 0 Å². The molecule has 2 aliphatic heterocycles. The maximum absolute atomic E-state index is 12.9. The minimum absolute atomic E-state index is 0.0813. The van der Waals surface area contributed by atoms with Crippen LogP contribution in [0.1, 0.15) is 18.2 Å². The lowest BCUT2D eigenvalue weighted by Crippen LogP contribution is -2.52. The Balaban J connectivity index is 1.37. The number of para-hydroxylation sites is 1. The maximum Gasteiger partial charge on any atom is 0.229 e. The van der Waals surface area contributed by atoms with Crippen molar-refractivity contribution < 1.29 is 9.53 Å². The van der Waals surface area contributed by atoms with E-state index in [9.17, 15) is 4.79 Å². The normalized spacial score (nSPS) is 19.7. The molecule has 0 unspecified atom stereocenters. The molecule has 1 fully saturated rings. The van der Waals surface area contributed by atoms with E-state index in [0.717, 1.165) is 61.8 Å². The largest absolute Gasteiger partial charge is 0.492 e. The van der Waals surface area contributed by atoms with Crippen LogP contribution in [0, 0.1) is 5.92 Å². The third-order valence-corrected chi connectivity index (χ3v) is 5.22. The second-order valence-electron chi connectivity index (χ2n) is 6.85.